The number of hydrogen-bond acceptors (Lipinski definition) is 4. The van der Waals surface area contributed by atoms with Gasteiger partial charge in [-0.1, -0.05) is 43.7 Å². The zero-order chi connectivity index (χ0) is 25.1. The highest BCUT2D eigenvalue weighted by Gasteiger charge is 2.45. The predicted octanol–water partition coefficient (Wildman–Crippen LogP) is 4.49. The lowest BCUT2D eigenvalue weighted by Crippen LogP contribution is -2.56. The quantitative estimate of drug-likeness (QED) is 0.629. The molecule has 1 fully saturated rings. The first-order valence-corrected chi connectivity index (χ1v) is 11.8. The van der Waals surface area contributed by atoms with Gasteiger partial charge < -0.3 is 20.3 Å². The van der Waals surface area contributed by atoms with E-state index >= 15 is 0 Å². The Morgan fingerprint density at radius 3 is 1.97 bits per heavy atom. The molecule has 3 amide bonds. The molecular weight excluding hydrogens is 418 g/mol. The third kappa shape index (κ3) is 8.06. The number of carbonyl (C=O) groups excluding carboxylic acids is 3. The third-order valence-corrected chi connectivity index (χ3v) is 5.22. The molecule has 184 valence electrons. The third-order valence-electron chi connectivity index (χ3n) is 5.22. The molecule has 0 radical (unpaired) electrons. The van der Waals surface area contributed by atoms with Crippen LogP contribution in [0.4, 0.5) is 4.79 Å². The van der Waals surface area contributed by atoms with Gasteiger partial charge in [0.25, 0.3) is 0 Å². The average molecular weight is 460 g/mol. The number of ether oxygens (including phenoxy) is 1. The molecule has 1 aliphatic carbocycles. The fourth-order valence-corrected chi connectivity index (χ4v) is 3.60. The zero-order valence-electron chi connectivity index (χ0n) is 21.6. The van der Waals surface area contributed by atoms with Crippen LogP contribution in [-0.4, -0.2) is 46.0 Å². The Bertz CT molecular complexity index is 846. The molecule has 1 saturated carbocycles. The van der Waals surface area contributed by atoms with Gasteiger partial charge in [-0.25, -0.2) is 4.79 Å². The first-order chi connectivity index (χ1) is 15.1. The minimum atomic E-state index is -0.809. The summed E-state index contributed by atoms with van der Waals surface area (Å²) >= 11 is 0. The Balaban J connectivity index is 2.43. The number of rotatable bonds is 7. The van der Waals surface area contributed by atoms with E-state index in [1.165, 1.54) is 0 Å². The highest BCUT2D eigenvalue weighted by atomic mass is 16.6. The molecule has 0 heterocycles. The van der Waals surface area contributed by atoms with Crippen LogP contribution in [0.2, 0.25) is 0 Å². The molecule has 0 aliphatic heterocycles. The number of aryl methyl sites for hydroxylation is 1. The van der Waals surface area contributed by atoms with E-state index in [9.17, 15) is 14.4 Å². The van der Waals surface area contributed by atoms with Gasteiger partial charge in [0.2, 0.25) is 11.8 Å². The summed E-state index contributed by atoms with van der Waals surface area (Å²) in [4.78, 5) is 41.6. The van der Waals surface area contributed by atoms with E-state index in [1.54, 1.807) is 25.7 Å². The van der Waals surface area contributed by atoms with Crippen LogP contribution >= 0.6 is 0 Å². The second-order valence-electron chi connectivity index (χ2n) is 11.4. The monoisotopic (exact) mass is 459 g/mol. The van der Waals surface area contributed by atoms with Crippen molar-refractivity contribution in [3.8, 4) is 0 Å². The summed E-state index contributed by atoms with van der Waals surface area (Å²) in [6.45, 7) is 16.8. The molecule has 0 spiro atoms. The van der Waals surface area contributed by atoms with Gasteiger partial charge in [-0.3, -0.25) is 9.59 Å². The lowest BCUT2D eigenvalue weighted by Gasteiger charge is -2.37. The number of amides is 3. The molecule has 2 rings (SSSR count). The van der Waals surface area contributed by atoms with Crippen LogP contribution < -0.4 is 10.6 Å². The minimum Gasteiger partial charge on any atom is -0.444 e. The van der Waals surface area contributed by atoms with Crippen molar-refractivity contribution in [1.82, 2.24) is 15.5 Å². The number of benzene rings is 1. The van der Waals surface area contributed by atoms with Gasteiger partial charge in [-0.05, 0) is 72.8 Å². The molecule has 0 aromatic heterocycles. The fraction of sp³-hybridized carbons (Fsp3) is 0.654. The van der Waals surface area contributed by atoms with Crippen LogP contribution in [0.25, 0.3) is 0 Å². The molecule has 33 heavy (non-hydrogen) atoms. The van der Waals surface area contributed by atoms with Crippen LogP contribution in [0.5, 0.6) is 0 Å². The molecular formula is C26H41N3O4. The molecule has 1 aliphatic rings. The molecule has 0 bridgehead atoms. The summed E-state index contributed by atoms with van der Waals surface area (Å²) in [5.74, 6) is -0.685. The van der Waals surface area contributed by atoms with Gasteiger partial charge in [-0.2, -0.15) is 0 Å². The van der Waals surface area contributed by atoms with Crippen molar-refractivity contribution in [2.75, 3.05) is 0 Å². The molecule has 2 N–H and O–H groups in total. The first-order valence-electron chi connectivity index (χ1n) is 11.8. The Morgan fingerprint density at radius 2 is 1.55 bits per heavy atom. The Labute approximate surface area is 198 Å². The summed E-state index contributed by atoms with van der Waals surface area (Å²) in [6.07, 6.45) is 1.01. The van der Waals surface area contributed by atoms with Crippen molar-refractivity contribution < 1.29 is 19.1 Å². The van der Waals surface area contributed by atoms with E-state index in [0.29, 0.717) is 0 Å². The largest absolute Gasteiger partial charge is 0.444 e. The number of alkyl carbamates (subject to hydrolysis) is 1. The van der Waals surface area contributed by atoms with Crippen LogP contribution in [0, 0.1) is 12.8 Å². The fourth-order valence-electron chi connectivity index (χ4n) is 3.60. The topological polar surface area (TPSA) is 87.7 Å². The van der Waals surface area contributed by atoms with E-state index in [1.807, 2.05) is 65.8 Å². The summed E-state index contributed by atoms with van der Waals surface area (Å²) in [5.41, 5.74) is 0.693. The van der Waals surface area contributed by atoms with Gasteiger partial charge in [0.1, 0.15) is 17.7 Å². The second-order valence-corrected chi connectivity index (χ2v) is 11.4. The number of hydrogen-bond donors (Lipinski definition) is 2. The maximum absolute atomic E-state index is 13.9. The molecule has 1 aromatic rings. The summed E-state index contributed by atoms with van der Waals surface area (Å²) in [6, 6.07) is 6.05. The molecule has 2 atom stereocenters. The van der Waals surface area contributed by atoms with E-state index in [4.69, 9.17) is 4.74 Å². The first kappa shape index (κ1) is 26.7. The van der Waals surface area contributed by atoms with Crippen LogP contribution in [-0.2, 0) is 14.3 Å². The maximum atomic E-state index is 13.9. The molecule has 7 nitrogen and oxygen atoms in total. The van der Waals surface area contributed by atoms with Crippen molar-refractivity contribution in [1.29, 1.82) is 0 Å². The summed E-state index contributed by atoms with van der Waals surface area (Å²) in [7, 11) is 0. The lowest BCUT2D eigenvalue weighted by molar-refractivity contribution is -0.144. The molecule has 1 aromatic carbocycles. The average Bonchev–Trinajstić information content (AvgIpc) is 3.46. The highest BCUT2D eigenvalue weighted by molar-refractivity contribution is 5.93. The van der Waals surface area contributed by atoms with Crippen LogP contribution in [0.1, 0.15) is 85.4 Å². The Morgan fingerprint density at radius 1 is 1.00 bits per heavy atom. The smallest absolute Gasteiger partial charge is 0.408 e. The van der Waals surface area contributed by atoms with E-state index in [2.05, 4.69) is 10.6 Å². The number of carbonyl (C=O) groups is 3. The normalized spacial score (nSPS) is 16.1. The van der Waals surface area contributed by atoms with Crippen molar-refractivity contribution >= 4 is 17.9 Å². The summed E-state index contributed by atoms with van der Waals surface area (Å²) < 4.78 is 5.40. The standard InChI is InChI=1S/C26H41N3O4/c1-16(2)20(27-24(32)33-26(7,8)9)23(31)29(19-14-15-19)21(22(30)28-25(4,5)6)18-12-10-17(3)11-13-18/h10-13,16,19-21H,14-15H2,1-9H3,(H,27,32)(H,28,30). The summed E-state index contributed by atoms with van der Waals surface area (Å²) in [5, 5.41) is 5.80. The Hall–Kier alpha value is -2.57. The molecule has 2 unspecified atom stereocenters. The molecule has 7 heteroatoms. The maximum Gasteiger partial charge on any atom is 0.408 e. The zero-order valence-corrected chi connectivity index (χ0v) is 21.6. The van der Waals surface area contributed by atoms with E-state index in [-0.39, 0.29) is 23.8 Å². The highest BCUT2D eigenvalue weighted by Crippen LogP contribution is 2.36. The van der Waals surface area contributed by atoms with Crippen molar-refractivity contribution in [3.05, 3.63) is 35.4 Å². The Kier molecular flexibility index (Phi) is 8.20. The van der Waals surface area contributed by atoms with Gasteiger partial charge in [0.15, 0.2) is 0 Å². The van der Waals surface area contributed by atoms with Crippen molar-refractivity contribution in [2.24, 2.45) is 5.92 Å². The molecule has 0 saturated heterocycles. The van der Waals surface area contributed by atoms with Gasteiger partial charge in [0, 0.05) is 11.6 Å². The lowest BCUT2D eigenvalue weighted by atomic mass is 9.97. The van der Waals surface area contributed by atoms with E-state index in [0.717, 1.165) is 24.0 Å². The van der Waals surface area contributed by atoms with Gasteiger partial charge in [0.05, 0.1) is 0 Å². The van der Waals surface area contributed by atoms with Crippen molar-refractivity contribution in [2.45, 2.75) is 104 Å². The van der Waals surface area contributed by atoms with Gasteiger partial charge in [-0.15, -0.1) is 0 Å². The number of nitrogens with zero attached hydrogens (tertiary/aromatic N) is 1. The van der Waals surface area contributed by atoms with Crippen LogP contribution in [0.3, 0.4) is 0 Å². The predicted molar refractivity (Wildman–Crippen MR) is 130 cm³/mol. The second kappa shape index (κ2) is 10.1. The number of nitrogens with one attached hydrogen (secondary N) is 2. The van der Waals surface area contributed by atoms with Crippen molar-refractivity contribution in [3.63, 3.8) is 0 Å². The van der Waals surface area contributed by atoms with Gasteiger partial charge >= 0.3 is 6.09 Å². The van der Waals surface area contributed by atoms with Crippen LogP contribution in [0.15, 0.2) is 24.3 Å². The SMILES string of the molecule is Cc1ccc(C(C(=O)NC(C)(C)C)N(C(=O)C(NC(=O)OC(C)(C)C)C(C)C)C2CC2)cc1. The minimum absolute atomic E-state index is 0.0452. The van der Waals surface area contributed by atoms with E-state index < -0.39 is 29.3 Å².